The van der Waals surface area contributed by atoms with Gasteiger partial charge in [-0.05, 0) is 30.9 Å². The van der Waals surface area contributed by atoms with Crippen LogP contribution in [-0.4, -0.2) is 15.5 Å². The van der Waals surface area contributed by atoms with Crippen LogP contribution in [0.25, 0.3) is 0 Å². The molecule has 1 N–H and O–H groups in total. The van der Waals surface area contributed by atoms with Gasteiger partial charge >= 0.3 is 0 Å². The van der Waals surface area contributed by atoms with Gasteiger partial charge in [-0.15, -0.1) is 0 Å². The van der Waals surface area contributed by atoms with Crippen LogP contribution in [0.2, 0.25) is 0 Å². The zero-order valence-corrected chi connectivity index (χ0v) is 12.6. The average Bonchev–Trinajstić information content (AvgIpc) is 2.96. The zero-order chi connectivity index (χ0) is 14.8. The highest BCUT2D eigenvalue weighted by molar-refractivity contribution is 5.94. The summed E-state index contributed by atoms with van der Waals surface area (Å²) in [4.78, 5) is 16.9. The number of imidazole rings is 1. The van der Waals surface area contributed by atoms with E-state index in [2.05, 4.69) is 27.9 Å². The van der Waals surface area contributed by atoms with Crippen LogP contribution in [0.3, 0.4) is 0 Å². The molecule has 2 heterocycles. The first kappa shape index (κ1) is 13.9. The van der Waals surface area contributed by atoms with E-state index in [9.17, 15) is 4.79 Å². The van der Waals surface area contributed by atoms with Crippen molar-refractivity contribution in [2.24, 2.45) is 5.92 Å². The number of hydrogen-bond donors (Lipinski definition) is 1. The number of carbonyl (C=O) groups is 1. The van der Waals surface area contributed by atoms with Gasteiger partial charge in [0.15, 0.2) is 0 Å². The Morgan fingerprint density at radius 2 is 2.33 bits per heavy atom. The molecule has 1 atom stereocenters. The quantitative estimate of drug-likeness (QED) is 0.941. The predicted octanol–water partition coefficient (Wildman–Crippen LogP) is 2.96. The lowest BCUT2D eigenvalue weighted by Gasteiger charge is -2.23. The molecule has 3 rings (SSSR count). The third kappa shape index (κ3) is 2.71. The fraction of sp³-hybridized carbons (Fsp3) is 0.412. The summed E-state index contributed by atoms with van der Waals surface area (Å²) in [6, 6.07) is 6.17. The molecule has 4 heteroatoms. The van der Waals surface area contributed by atoms with E-state index in [0.29, 0.717) is 0 Å². The number of rotatable bonds is 3. The van der Waals surface area contributed by atoms with E-state index in [4.69, 9.17) is 0 Å². The first-order valence-corrected chi connectivity index (χ1v) is 7.58. The molecule has 2 aromatic rings. The first-order chi connectivity index (χ1) is 10.2. The maximum Gasteiger partial charge on any atom is 0.228 e. The van der Waals surface area contributed by atoms with Crippen molar-refractivity contribution >= 4 is 11.6 Å². The van der Waals surface area contributed by atoms with Gasteiger partial charge in [-0.2, -0.15) is 0 Å². The summed E-state index contributed by atoms with van der Waals surface area (Å²) in [6.07, 6.45) is 6.33. The fourth-order valence-corrected chi connectivity index (χ4v) is 3.00. The minimum absolute atomic E-state index is 0.0178. The minimum Gasteiger partial charge on any atom is -0.335 e. The summed E-state index contributed by atoms with van der Waals surface area (Å²) in [6.45, 7) is 5.03. The molecule has 0 fully saturated rings. The molecule has 4 nitrogen and oxygen atoms in total. The van der Waals surface area contributed by atoms with E-state index in [1.54, 1.807) is 0 Å². The van der Waals surface area contributed by atoms with Gasteiger partial charge in [0.2, 0.25) is 5.91 Å². The monoisotopic (exact) mass is 283 g/mol. The van der Waals surface area contributed by atoms with Crippen molar-refractivity contribution < 1.29 is 4.79 Å². The van der Waals surface area contributed by atoms with Crippen LogP contribution < -0.4 is 5.32 Å². The van der Waals surface area contributed by atoms with E-state index < -0.39 is 0 Å². The third-order valence-electron chi connectivity index (χ3n) is 4.31. The van der Waals surface area contributed by atoms with Crippen molar-refractivity contribution in [1.29, 1.82) is 0 Å². The van der Waals surface area contributed by atoms with Crippen molar-refractivity contribution in [3.05, 3.63) is 47.5 Å². The molecule has 1 unspecified atom stereocenters. The zero-order valence-electron chi connectivity index (χ0n) is 12.6. The van der Waals surface area contributed by atoms with E-state index in [1.807, 2.05) is 31.5 Å². The van der Waals surface area contributed by atoms with E-state index in [1.165, 1.54) is 5.56 Å². The molecule has 0 aliphatic carbocycles. The summed E-state index contributed by atoms with van der Waals surface area (Å²) in [7, 11) is 0. The number of benzene rings is 1. The summed E-state index contributed by atoms with van der Waals surface area (Å²) in [5.74, 6) is 1.15. The number of nitrogens with zero attached hydrogens (tertiary/aromatic N) is 2. The number of anilines is 1. The largest absolute Gasteiger partial charge is 0.335 e. The summed E-state index contributed by atoms with van der Waals surface area (Å²) < 4.78 is 2.13. The molecule has 0 saturated carbocycles. The number of nitrogens with one attached hydrogen (secondary N) is 1. The Bertz CT molecular complexity index is 660. The molecule has 1 aliphatic heterocycles. The normalized spacial score (nSPS) is 17.3. The minimum atomic E-state index is 0.0178. The van der Waals surface area contributed by atoms with Gasteiger partial charge in [-0.3, -0.25) is 4.79 Å². The van der Waals surface area contributed by atoms with Crippen LogP contribution in [0.4, 0.5) is 5.69 Å². The predicted molar refractivity (Wildman–Crippen MR) is 83.2 cm³/mol. The molecule has 0 spiro atoms. The van der Waals surface area contributed by atoms with Gasteiger partial charge in [0.25, 0.3) is 0 Å². The SMILES string of the molecule is CCc1cccc(C)c1NC(=O)C1CCn2ccnc2C1. The molecular formula is C17H21N3O. The highest BCUT2D eigenvalue weighted by atomic mass is 16.1. The van der Waals surface area contributed by atoms with Crippen molar-refractivity contribution in [1.82, 2.24) is 9.55 Å². The topological polar surface area (TPSA) is 46.9 Å². The second-order valence-electron chi connectivity index (χ2n) is 5.68. The molecule has 1 aliphatic rings. The van der Waals surface area contributed by atoms with Crippen LogP contribution >= 0.6 is 0 Å². The summed E-state index contributed by atoms with van der Waals surface area (Å²) in [5.41, 5.74) is 3.31. The number of fused-ring (bicyclic) bond motifs is 1. The summed E-state index contributed by atoms with van der Waals surface area (Å²) in [5, 5.41) is 3.15. The number of aromatic nitrogens is 2. The highest BCUT2D eigenvalue weighted by Gasteiger charge is 2.25. The second kappa shape index (κ2) is 5.72. The van der Waals surface area contributed by atoms with Crippen LogP contribution in [0.5, 0.6) is 0 Å². The van der Waals surface area contributed by atoms with Crippen molar-refractivity contribution in [2.45, 2.75) is 39.7 Å². The lowest BCUT2D eigenvalue weighted by atomic mass is 9.96. The molecule has 1 amide bonds. The second-order valence-corrected chi connectivity index (χ2v) is 5.68. The summed E-state index contributed by atoms with van der Waals surface area (Å²) >= 11 is 0. The van der Waals surface area contributed by atoms with Crippen LogP contribution in [0.15, 0.2) is 30.6 Å². The standard InChI is InChI=1S/C17H21N3O/c1-3-13-6-4-5-12(2)16(13)19-17(21)14-7-9-20-10-8-18-15(20)11-14/h4-6,8,10,14H,3,7,9,11H2,1-2H3,(H,19,21). The van der Waals surface area contributed by atoms with Crippen LogP contribution in [0.1, 0.15) is 30.3 Å². The molecular weight excluding hydrogens is 262 g/mol. The van der Waals surface area contributed by atoms with E-state index >= 15 is 0 Å². The fourth-order valence-electron chi connectivity index (χ4n) is 3.00. The number of hydrogen-bond acceptors (Lipinski definition) is 2. The van der Waals surface area contributed by atoms with Gasteiger partial charge in [-0.1, -0.05) is 25.1 Å². The number of aryl methyl sites for hydroxylation is 3. The van der Waals surface area contributed by atoms with Crippen molar-refractivity contribution in [3.63, 3.8) is 0 Å². The molecule has 0 bridgehead atoms. The Morgan fingerprint density at radius 1 is 1.48 bits per heavy atom. The van der Waals surface area contributed by atoms with Gasteiger partial charge in [0.1, 0.15) is 5.82 Å². The van der Waals surface area contributed by atoms with Gasteiger partial charge in [-0.25, -0.2) is 4.98 Å². The number of amides is 1. The molecule has 0 saturated heterocycles. The number of para-hydroxylation sites is 1. The van der Waals surface area contributed by atoms with Crippen LogP contribution in [0, 0.1) is 12.8 Å². The Morgan fingerprint density at radius 3 is 3.14 bits per heavy atom. The third-order valence-corrected chi connectivity index (χ3v) is 4.31. The highest BCUT2D eigenvalue weighted by Crippen LogP contribution is 2.25. The first-order valence-electron chi connectivity index (χ1n) is 7.58. The molecule has 21 heavy (non-hydrogen) atoms. The molecule has 1 aromatic heterocycles. The number of carbonyl (C=O) groups excluding carboxylic acids is 1. The van der Waals surface area contributed by atoms with Gasteiger partial charge in [0.05, 0.1) is 0 Å². The van der Waals surface area contributed by atoms with Gasteiger partial charge in [0, 0.05) is 37.0 Å². The molecule has 110 valence electrons. The Hall–Kier alpha value is -2.10. The Labute approximate surface area is 125 Å². The van der Waals surface area contributed by atoms with E-state index in [-0.39, 0.29) is 11.8 Å². The maximum absolute atomic E-state index is 12.6. The van der Waals surface area contributed by atoms with Crippen molar-refractivity contribution in [2.75, 3.05) is 5.32 Å². The maximum atomic E-state index is 12.6. The van der Waals surface area contributed by atoms with Crippen LogP contribution in [-0.2, 0) is 24.2 Å². The average molecular weight is 283 g/mol. The smallest absolute Gasteiger partial charge is 0.228 e. The molecule has 0 radical (unpaired) electrons. The Kier molecular flexibility index (Phi) is 3.78. The van der Waals surface area contributed by atoms with Crippen molar-refractivity contribution in [3.8, 4) is 0 Å². The lowest BCUT2D eigenvalue weighted by molar-refractivity contribution is -0.120. The molecule has 1 aromatic carbocycles. The van der Waals surface area contributed by atoms with E-state index in [0.717, 1.165) is 42.9 Å². The Balaban J connectivity index is 1.76. The van der Waals surface area contributed by atoms with Gasteiger partial charge < -0.3 is 9.88 Å². The lowest BCUT2D eigenvalue weighted by Crippen LogP contribution is -2.30.